The van der Waals surface area contributed by atoms with Crippen molar-refractivity contribution in [1.82, 2.24) is 29.7 Å². The molecule has 14 heteroatoms. The molecule has 2 bridgehead atoms. The highest BCUT2D eigenvalue weighted by atomic mass is 19.4. The van der Waals surface area contributed by atoms with Crippen molar-refractivity contribution in [3.63, 3.8) is 0 Å². The molecule has 0 saturated carbocycles. The molecule has 1 amide bonds. The Hall–Kier alpha value is -3.45. The van der Waals surface area contributed by atoms with Crippen LogP contribution in [0.2, 0.25) is 0 Å². The fraction of sp³-hybridized carbons (Fsp3) is 0.524. The zero-order valence-corrected chi connectivity index (χ0v) is 18.4. The van der Waals surface area contributed by atoms with Gasteiger partial charge in [0.15, 0.2) is 17.2 Å². The molecule has 3 aromatic heterocycles. The Balaban J connectivity index is 1.43. The first kappa shape index (κ1) is 23.3. The molecule has 2 atom stereocenters. The van der Waals surface area contributed by atoms with E-state index in [2.05, 4.69) is 25.0 Å². The zero-order chi connectivity index (χ0) is 24.7. The van der Waals surface area contributed by atoms with Crippen molar-refractivity contribution in [1.29, 1.82) is 0 Å². The van der Waals surface area contributed by atoms with Gasteiger partial charge in [0.05, 0.1) is 24.8 Å². The maximum Gasteiger partial charge on any atom is 0.434 e. The number of rotatable bonds is 4. The molecule has 5 heterocycles. The molecule has 0 aliphatic carbocycles. The highest BCUT2D eigenvalue weighted by Crippen LogP contribution is 2.33. The number of hydrogen-bond donors (Lipinski definition) is 0. The van der Waals surface area contributed by atoms with Gasteiger partial charge >= 0.3 is 6.18 Å². The standard InChI is InChI=1S/C21H21F5N8O/c22-16(23)11-34-20-14(4-29-34)28-7-17(31-20)32-8-12-1-2-13(9-32)10-33(19(35)3-12)18-6-27-5-15(30-18)21(24,25)26/h4-7,12-13,16H,1-3,8-11H2. The lowest BCUT2D eigenvalue weighted by molar-refractivity contribution is -0.141. The van der Waals surface area contributed by atoms with Gasteiger partial charge in [-0.1, -0.05) is 0 Å². The maximum atomic E-state index is 13.1. The van der Waals surface area contributed by atoms with E-state index >= 15 is 0 Å². The van der Waals surface area contributed by atoms with Gasteiger partial charge < -0.3 is 4.90 Å². The maximum absolute atomic E-state index is 13.1. The Bertz CT molecular complexity index is 1230. The summed E-state index contributed by atoms with van der Waals surface area (Å²) in [5, 5.41) is 3.94. The third-order valence-corrected chi connectivity index (χ3v) is 6.30. The Labute approximate surface area is 196 Å². The van der Waals surface area contributed by atoms with Gasteiger partial charge in [-0.05, 0) is 24.7 Å². The van der Waals surface area contributed by atoms with Gasteiger partial charge in [0, 0.05) is 26.1 Å². The predicted octanol–water partition coefficient (Wildman–Crippen LogP) is 3.17. The lowest BCUT2D eigenvalue weighted by atomic mass is 9.92. The normalized spacial score (nSPS) is 21.5. The van der Waals surface area contributed by atoms with Crippen molar-refractivity contribution >= 4 is 28.7 Å². The molecule has 9 nitrogen and oxygen atoms in total. The smallest absolute Gasteiger partial charge is 0.355 e. The summed E-state index contributed by atoms with van der Waals surface area (Å²) in [6, 6.07) is 0. The van der Waals surface area contributed by atoms with Gasteiger partial charge in [0.1, 0.15) is 17.9 Å². The molecule has 0 aromatic carbocycles. The van der Waals surface area contributed by atoms with Crippen molar-refractivity contribution in [2.24, 2.45) is 11.8 Å². The van der Waals surface area contributed by atoms with E-state index in [0.29, 0.717) is 30.6 Å². The van der Waals surface area contributed by atoms with Crippen LogP contribution in [0.15, 0.2) is 24.8 Å². The van der Waals surface area contributed by atoms with Gasteiger partial charge in [0.25, 0.3) is 6.43 Å². The summed E-state index contributed by atoms with van der Waals surface area (Å²) in [7, 11) is 0. The molecular formula is C21H21F5N8O. The van der Waals surface area contributed by atoms with Crippen molar-refractivity contribution in [3.8, 4) is 0 Å². The molecule has 0 N–H and O–H groups in total. The fourth-order valence-corrected chi connectivity index (χ4v) is 4.67. The third-order valence-electron chi connectivity index (χ3n) is 6.30. The Morgan fingerprint density at radius 1 is 0.971 bits per heavy atom. The van der Waals surface area contributed by atoms with Crippen LogP contribution >= 0.6 is 0 Å². The molecule has 0 radical (unpaired) electrons. The first-order valence-electron chi connectivity index (χ1n) is 11.1. The summed E-state index contributed by atoms with van der Waals surface area (Å²) in [4.78, 5) is 32.4. The van der Waals surface area contributed by atoms with E-state index in [4.69, 9.17) is 0 Å². The van der Waals surface area contributed by atoms with Gasteiger partial charge in [-0.15, -0.1) is 0 Å². The minimum atomic E-state index is -4.67. The van der Waals surface area contributed by atoms with Crippen LogP contribution in [0.1, 0.15) is 25.0 Å². The summed E-state index contributed by atoms with van der Waals surface area (Å²) in [5.74, 6) is -0.112. The van der Waals surface area contributed by atoms with Crippen molar-refractivity contribution in [3.05, 3.63) is 30.5 Å². The lowest BCUT2D eigenvalue weighted by Crippen LogP contribution is -2.39. The number of nitrogens with zero attached hydrogens (tertiary/aromatic N) is 8. The van der Waals surface area contributed by atoms with Crippen molar-refractivity contribution in [2.45, 2.75) is 38.4 Å². The zero-order valence-electron chi connectivity index (χ0n) is 18.4. The van der Waals surface area contributed by atoms with Crippen LogP contribution < -0.4 is 9.80 Å². The molecule has 2 aliphatic heterocycles. The minimum Gasteiger partial charge on any atom is -0.355 e. The molecule has 186 valence electrons. The topological polar surface area (TPSA) is 92.9 Å². The fourth-order valence-electron chi connectivity index (χ4n) is 4.67. The Morgan fingerprint density at radius 3 is 2.51 bits per heavy atom. The monoisotopic (exact) mass is 496 g/mol. The van der Waals surface area contributed by atoms with Crippen LogP contribution in [0.3, 0.4) is 0 Å². The van der Waals surface area contributed by atoms with Crippen molar-refractivity contribution < 1.29 is 26.7 Å². The van der Waals surface area contributed by atoms with Crippen LogP contribution in [-0.2, 0) is 17.5 Å². The summed E-state index contributed by atoms with van der Waals surface area (Å²) >= 11 is 0. The number of carbonyl (C=O) groups excluding carboxylic acids is 1. The quantitative estimate of drug-likeness (QED) is 0.513. The second-order valence-electron chi connectivity index (χ2n) is 8.84. The van der Waals surface area contributed by atoms with E-state index in [0.717, 1.165) is 17.5 Å². The SMILES string of the molecule is O=C1CC2CCC(CN(c3cnc4cnn(CC(F)F)c4n3)C2)CN1c1cncc(C(F)(F)F)n1. The molecule has 2 aliphatic rings. The van der Waals surface area contributed by atoms with E-state index < -0.39 is 24.8 Å². The number of hydrogen-bond acceptors (Lipinski definition) is 7. The van der Waals surface area contributed by atoms with Crippen LogP contribution in [0, 0.1) is 11.8 Å². The Kier molecular flexibility index (Phi) is 5.97. The lowest BCUT2D eigenvalue weighted by Gasteiger charge is -2.29. The minimum absolute atomic E-state index is 0.0717. The molecule has 2 unspecified atom stereocenters. The van der Waals surface area contributed by atoms with E-state index in [9.17, 15) is 26.7 Å². The second kappa shape index (κ2) is 8.96. The van der Waals surface area contributed by atoms with E-state index in [1.54, 1.807) is 6.20 Å². The number of carbonyl (C=O) groups is 1. The highest BCUT2D eigenvalue weighted by molar-refractivity contribution is 5.92. The molecule has 3 aromatic rings. The molecule has 5 rings (SSSR count). The van der Waals surface area contributed by atoms with Gasteiger partial charge in [0.2, 0.25) is 5.91 Å². The molecular weight excluding hydrogens is 475 g/mol. The molecule has 2 saturated heterocycles. The molecule has 35 heavy (non-hydrogen) atoms. The third kappa shape index (κ3) is 4.86. The number of aromatic nitrogens is 6. The van der Waals surface area contributed by atoms with Crippen molar-refractivity contribution in [2.75, 3.05) is 29.4 Å². The summed E-state index contributed by atoms with van der Waals surface area (Å²) in [6.45, 7) is 0.523. The van der Waals surface area contributed by atoms with E-state index in [-0.39, 0.29) is 42.2 Å². The first-order valence-corrected chi connectivity index (χ1v) is 11.1. The molecule has 2 fully saturated rings. The Morgan fingerprint density at radius 2 is 1.74 bits per heavy atom. The number of fused-ring (bicyclic) bond motifs is 4. The second-order valence-corrected chi connectivity index (χ2v) is 8.84. The number of alkyl halides is 5. The van der Waals surface area contributed by atoms with E-state index in [1.807, 2.05) is 4.90 Å². The summed E-state index contributed by atoms with van der Waals surface area (Å²) < 4.78 is 66.4. The van der Waals surface area contributed by atoms with Gasteiger partial charge in [-0.3, -0.25) is 14.7 Å². The average molecular weight is 496 g/mol. The summed E-state index contributed by atoms with van der Waals surface area (Å²) in [5.41, 5.74) is -0.517. The number of anilines is 2. The largest absolute Gasteiger partial charge is 0.434 e. The van der Waals surface area contributed by atoms with Gasteiger partial charge in [-0.25, -0.2) is 28.4 Å². The average Bonchev–Trinajstić information content (AvgIpc) is 3.10. The predicted molar refractivity (Wildman–Crippen MR) is 114 cm³/mol. The van der Waals surface area contributed by atoms with Crippen LogP contribution in [0.25, 0.3) is 11.2 Å². The first-order chi connectivity index (χ1) is 16.7. The molecule has 0 spiro atoms. The van der Waals surface area contributed by atoms with Crippen LogP contribution in [-0.4, -0.2) is 61.7 Å². The highest BCUT2D eigenvalue weighted by Gasteiger charge is 2.37. The van der Waals surface area contributed by atoms with E-state index in [1.165, 1.54) is 17.3 Å². The number of amides is 1. The van der Waals surface area contributed by atoms with Gasteiger partial charge in [-0.2, -0.15) is 18.3 Å². The number of halogens is 5. The van der Waals surface area contributed by atoms with Crippen LogP contribution in [0.5, 0.6) is 0 Å². The summed E-state index contributed by atoms with van der Waals surface area (Å²) in [6.07, 6.45) is -0.887. The van der Waals surface area contributed by atoms with Crippen LogP contribution in [0.4, 0.5) is 33.6 Å².